The molecule has 7 heteroatoms. The summed E-state index contributed by atoms with van der Waals surface area (Å²) in [6, 6.07) is 5.00. The summed E-state index contributed by atoms with van der Waals surface area (Å²) >= 11 is 0. The van der Waals surface area contributed by atoms with Gasteiger partial charge in [0.25, 0.3) is 0 Å². The summed E-state index contributed by atoms with van der Waals surface area (Å²) in [5.74, 6) is -0.0208. The average molecular weight is 337 g/mol. The van der Waals surface area contributed by atoms with Crippen LogP contribution < -0.4 is 5.32 Å². The van der Waals surface area contributed by atoms with E-state index in [-0.39, 0.29) is 30.8 Å². The molecule has 1 aromatic rings. The largest absolute Gasteiger partial charge is 0.416 e. The lowest BCUT2D eigenvalue weighted by molar-refractivity contribution is -0.137. The van der Waals surface area contributed by atoms with Crippen molar-refractivity contribution in [2.24, 2.45) is 0 Å². The van der Waals surface area contributed by atoms with Crippen molar-refractivity contribution in [3.8, 4) is 0 Å². The molecule has 1 aliphatic rings. The Labute approximate surface area is 134 Å². The fourth-order valence-corrected chi connectivity index (χ4v) is 2.70. The van der Waals surface area contributed by atoms with Gasteiger partial charge in [0.05, 0.1) is 12.0 Å². The summed E-state index contributed by atoms with van der Waals surface area (Å²) in [5, 5.41) is 3.06. The molecule has 1 aromatic carbocycles. The topological polar surface area (TPSA) is 32.3 Å². The molecule has 0 bridgehead atoms. The number of likely N-dealkylation sites (N-methyl/N-ethyl adjacent to an activating group) is 1. The zero-order valence-corrected chi connectivity index (χ0v) is 13.1. The number of hydrogen-bond acceptors (Lipinski definition) is 2. The van der Waals surface area contributed by atoms with Crippen LogP contribution in [0.15, 0.2) is 24.3 Å². The van der Waals surface area contributed by atoms with E-state index >= 15 is 0 Å². The minimum absolute atomic E-state index is 0. The van der Waals surface area contributed by atoms with Gasteiger partial charge in [0, 0.05) is 19.1 Å². The Morgan fingerprint density at radius 1 is 1.32 bits per heavy atom. The second kappa shape index (κ2) is 7.83. The van der Waals surface area contributed by atoms with E-state index in [4.69, 9.17) is 0 Å². The summed E-state index contributed by atoms with van der Waals surface area (Å²) < 4.78 is 37.4. The second-order valence-corrected chi connectivity index (χ2v) is 5.31. The van der Waals surface area contributed by atoms with Crippen molar-refractivity contribution in [3.05, 3.63) is 35.4 Å². The van der Waals surface area contributed by atoms with Crippen molar-refractivity contribution in [1.82, 2.24) is 10.2 Å². The fourth-order valence-electron chi connectivity index (χ4n) is 2.70. The highest BCUT2D eigenvalue weighted by molar-refractivity contribution is 5.85. The van der Waals surface area contributed by atoms with Gasteiger partial charge in [0.1, 0.15) is 0 Å². The standard InChI is InChI=1S/C15H19F3N2O.ClH/c1-19-10-13-3-2-8-20(13)14(21)9-11-4-6-12(7-5-11)15(16,17)18;/h4-7,13,19H,2-3,8-10H2,1H3;1H. The summed E-state index contributed by atoms with van der Waals surface area (Å²) in [7, 11) is 1.84. The highest BCUT2D eigenvalue weighted by atomic mass is 35.5. The predicted molar refractivity (Wildman–Crippen MR) is 81.1 cm³/mol. The Hall–Kier alpha value is -1.27. The summed E-state index contributed by atoms with van der Waals surface area (Å²) in [6.45, 7) is 1.48. The van der Waals surface area contributed by atoms with Gasteiger partial charge in [0.15, 0.2) is 0 Å². The lowest BCUT2D eigenvalue weighted by Gasteiger charge is -2.24. The van der Waals surface area contributed by atoms with Gasteiger partial charge < -0.3 is 10.2 Å². The zero-order valence-electron chi connectivity index (χ0n) is 12.3. The third-order valence-corrected chi connectivity index (χ3v) is 3.77. The third kappa shape index (κ3) is 4.61. The van der Waals surface area contributed by atoms with Crippen LogP contribution in [0.1, 0.15) is 24.0 Å². The molecule has 0 radical (unpaired) electrons. The number of likely N-dealkylation sites (tertiary alicyclic amines) is 1. The van der Waals surface area contributed by atoms with Crippen LogP contribution >= 0.6 is 12.4 Å². The maximum atomic E-state index is 12.5. The molecule has 1 N–H and O–H groups in total. The van der Waals surface area contributed by atoms with E-state index in [0.717, 1.165) is 38.1 Å². The number of carbonyl (C=O) groups is 1. The highest BCUT2D eigenvalue weighted by Gasteiger charge is 2.31. The minimum atomic E-state index is -4.34. The van der Waals surface area contributed by atoms with Crippen LogP contribution in [-0.4, -0.2) is 37.0 Å². The number of halogens is 4. The van der Waals surface area contributed by atoms with Crippen LogP contribution in [0.3, 0.4) is 0 Å². The molecule has 0 aliphatic carbocycles. The van der Waals surface area contributed by atoms with E-state index in [9.17, 15) is 18.0 Å². The van der Waals surface area contributed by atoms with E-state index in [1.54, 1.807) is 0 Å². The Kier molecular flexibility index (Phi) is 6.68. The lowest BCUT2D eigenvalue weighted by Crippen LogP contribution is -2.41. The maximum Gasteiger partial charge on any atom is 0.416 e. The molecule has 1 fully saturated rings. The number of nitrogens with one attached hydrogen (secondary N) is 1. The van der Waals surface area contributed by atoms with E-state index in [0.29, 0.717) is 5.56 Å². The summed E-state index contributed by atoms with van der Waals surface area (Å²) in [5.41, 5.74) is -0.0731. The molecule has 1 aliphatic heterocycles. The summed E-state index contributed by atoms with van der Waals surface area (Å²) in [4.78, 5) is 14.1. The second-order valence-electron chi connectivity index (χ2n) is 5.31. The minimum Gasteiger partial charge on any atom is -0.338 e. The molecule has 22 heavy (non-hydrogen) atoms. The van der Waals surface area contributed by atoms with Gasteiger partial charge in [-0.2, -0.15) is 13.2 Å². The van der Waals surface area contributed by atoms with Crippen LogP contribution in [0.2, 0.25) is 0 Å². The Bertz CT molecular complexity index is 491. The molecule has 2 rings (SSSR count). The zero-order chi connectivity index (χ0) is 15.5. The lowest BCUT2D eigenvalue weighted by atomic mass is 10.1. The molecule has 1 amide bonds. The molecule has 0 aromatic heterocycles. The number of nitrogens with zero attached hydrogens (tertiary/aromatic N) is 1. The Morgan fingerprint density at radius 3 is 2.50 bits per heavy atom. The first kappa shape index (κ1) is 18.8. The van der Waals surface area contributed by atoms with Gasteiger partial charge in [-0.25, -0.2) is 0 Å². The van der Waals surface area contributed by atoms with Gasteiger partial charge >= 0.3 is 6.18 Å². The van der Waals surface area contributed by atoms with E-state index in [1.807, 2.05) is 11.9 Å². The van der Waals surface area contributed by atoms with Crippen LogP contribution in [0.4, 0.5) is 13.2 Å². The molecule has 1 saturated heterocycles. The fraction of sp³-hybridized carbons (Fsp3) is 0.533. The molecule has 0 saturated carbocycles. The Morgan fingerprint density at radius 2 is 1.95 bits per heavy atom. The molecular weight excluding hydrogens is 317 g/mol. The molecule has 1 atom stereocenters. The molecule has 3 nitrogen and oxygen atoms in total. The third-order valence-electron chi connectivity index (χ3n) is 3.77. The number of hydrogen-bond donors (Lipinski definition) is 1. The first-order chi connectivity index (χ1) is 9.91. The monoisotopic (exact) mass is 336 g/mol. The van der Waals surface area contributed by atoms with Crippen LogP contribution in [-0.2, 0) is 17.4 Å². The van der Waals surface area contributed by atoms with Crippen molar-refractivity contribution in [3.63, 3.8) is 0 Å². The smallest absolute Gasteiger partial charge is 0.338 e. The number of benzene rings is 1. The van der Waals surface area contributed by atoms with Gasteiger partial charge in [-0.3, -0.25) is 4.79 Å². The molecule has 1 unspecified atom stereocenters. The first-order valence-corrected chi connectivity index (χ1v) is 7.02. The molecular formula is C15H20ClF3N2O. The van der Waals surface area contributed by atoms with Crippen molar-refractivity contribution >= 4 is 18.3 Å². The van der Waals surface area contributed by atoms with E-state index in [2.05, 4.69) is 5.32 Å². The summed E-state index contributed by atoms with van der Waals surface area (Å²) in [6.07, 6.45) is -2.24. The first-order valence-electron chi connectivity index (χ1n) is 7.02. The molecule has 0 spiro atoms. The predicted octanol–water partition coefficient (Wildman–Crippen LogP) is 2.88. The van der Waals surface area contributed by atoms with Crippen LogP contribution in [0.25, 0.3) is 0 Å². The van der Waals surface area contributed by atoms with Gasteiger partial charge in [0.2, 0.25) is 5.91 Å². The number of carbonyl (C=O) groups excluding carboxylic acids is 1. The highest BCUT2D eigenvalue weighted by Crippen LogP contribution is 2.29. The van der Waals surface area contributed by atoms with Crippen molar-refractivity contribution in [1.29, 1.82) is 0 Å². The SMILES string of the molecule is CNCC1CCCN1C(=O)Cc1ccc(C(F)(F)F)cc1.Cl. The van der Waals surface area contributed by atoms with Crippen molar-refractivity contribution < 1.29 is 18.0 Å². The number of rotatable bonds is 4. The Balaban J connectivity index is 0.00000242. The van der Waals surface area contributed by atoms with Gasteiger partial charge in [-0.05, 0) is 37.6 Å². The van der Waals surface area contributed by atoms with Crippen LogP contribution in [0, 0.1) is 0 Å². The number of amides is 1. The van der Waals surface area contributed by atoms with E-state index in [1.165, 1.54) is 12.1 Å². The average Bonchev–Trinajstić information content (AvgIpc) is 2.87. The normalized spacial score (nSPS) is 18.2. The molecule has 124 valence electrons. The van der Waals surface area contributed by atoms with Gasteiger partial charge in [-0.1, -0.05) is 12.1 Å². The number of alkyl halides is 3. The quantitative estimate of drug-likeness (QED) is 0.917. The van der Waals surface area contributed by atoms with Crippen LogP contribution in [0.5, 0.6) is 0 Å². The van der Waals surface area contributed by atoms with E-state index < -0.39 is 11.7 Å². The molecule has 1 heterocycles. The van der Waals surface area contributed by atoms with Gasteiger partial charge in [-0.15, -0.1) is 12.4 Å². The van der Waals surface area contributed by atoms with Crippen molar-refractivity contribution in [2.75, 3.05) is 20.1 Å². The maximum absolute atomic E-state index is 12.5. The van der Waals surface area contributed by atoms with Crippen molar-refractivity contribution in [2.45, 2.75) is 31.5 Å².